The van der Waals surface area contributed by atoms with Crippen molar-refractivity contribution in [2.24, 2.45) is 0 Å². The van der Waals surface area contributed by atoms with Crippen LogP contribution in [0.15, 0.2) is 69.6 Å². The van der Waals surface area contributed by atoms with Crippen molar-refractivity contribution in [1.29, 1.82) is 0 Å². The summed E-state index contributed by atoms with van der Waals surface area (Å²) in [5.41, 5.74) is 12.0. The molecule has 0 saturated carbocycles. The molecule has 248 valence electrons. The van der Waals surface area contributed by atoms with E-state index in [0.29, 0.717) is 57.7 Å². The van der Waals surface area contributed by atoms with Crippen LogP contribution in [-0.2, 0) is 24.2 Å². The fraction of sp³-hybridized carbons (Fsp3) is 0.400. The number of urea groups is 2. The van der Waals surface area contributed by atoms with E-state index in [-0.39, 0.29) is 24.0 Å². The predicted octanol–water partition coefficient (Wildman–Crippen LogP) is 5.84. The molecule has 3 aromatic rings. The number of anilines is 3. The Morgan fingerprint density at radius 2 is 1.57 bits per heavy atom. The summed E-state index contributed by atoms with van der Waals surface area (Å²) in [4.78, 5) is 48.4. The third-order valence-corrected chi connectivity index (χ3v) is 10.8. The summed E-state index contributed by atoms with van der Waals surface area (Å²) in [7, 11) is 0. The minimum absolute atomic E-state index is 0.0313. The number of likely N-dealkylation sites (tertiary alicyclic amines) is 1. The lowest BCUT2D eigenvalue weighted by Crippen LogP contribution is -2.58. The van der Waals surface area contributed by atoms with Crippen LogP contribution in [0.3, 0.4) is 0 Å². The first-order chi connectivity index (χ1) is 22.7. The van der Waals surface area contributed by atoms with Gasteiger partial charge in [0.1, 0.15) is 6.04 Å². The van der Waals surface area contributed by atoms with Crippen LogP contribution in [0.4, 0.5) is 26.7 Å². The van der Waals surface area contributed by atoms with Gasteiger partial charge in [0, 0.05) is 78.6 Å². The molecule has 4 N–H and O–H groups in total. The van der Waals surface area contributed by atoms with Crippen molar-refractivity contribution in [3.63, 3.8) is 0 Å². The number of piperidine rings is 1. The summed E-state index contributed by atoms with van der Waals surface area (Å²) < 4.78 is 1.46. The van der Waals surface area contributed by atoms with Gasteiger partial charge in [-0.2, -0.15) is 0 Å². The Bertz CT molecular complexity index is 1600. The maximum Gasteiger partial charge on any atom is 0.322 e. The molecule has 0 aromatic heterocycles. The number of piperazine rings is 1. The number of nitrogen functional groups attached to an aromatic ring is 1. The molecule has 6 rings (SSSR count). The Kier molecular flexibility index (Phi) is 10.3. The number of aryl methyl sites for hydroxylation is 1. The highest BCUT2D eigenvalue weighted by atomic mass is 79.9. The topological polar surface area (TPSA) is 114 Å². The molecule has 2 saturated heterocycles. The predicted molar refractivity (Wildman–Crippen MR) is 192 cm³/mol. The summed E-state index contributed by atoms with van der Waals surface area (Å²) in [5, 5.41) is 6.08. The molecule has 0 bridgehead atoms. The second-order valence-corrected chi connectivity index (χ2v) is 14.2. The molecule has 0 aliphatic carbocycles. The van der Waals surface area contributed by atoms with Gasteiger partial charge in [-0.1, -0.05) is 37.3 Å². The zero-order valence-corrected chi connectivity index (χ0v) is 29.7. The van der Waals surface area contributed by atoms with Gasteiger partial charge < -0.3 is 36.0 Å². The van der Waals surface area contributed by atoms with Gasteiger partial charge in [-0.05, 0) is 98.1 Å². The molecule has 3 heterocycles. The van der Waals surface area contributed by atoms with Crippen LogP contribution >= 0.6 is 31.9 Å². The minimum Gasteiger partial charge on any atom is -0.397 e. The Hall–Kier alpha value is -3.77. The molecule has 1 atom stereocenters. The minimum atomic E-state index is -0.748. The maximum absolute atomic E-state index is 14.1. The Balaban J connectivity index is 1.10. The average molecular weight is 768 g/mol. The fourth-order valence-electron chi connectivity index (χ4n) is 6.68. The highest BCUT2D eigenvalue weighted by Gasteiger charge is 2.35. The van der Waals surface area contributed by atoms with Crippen molar-refractivity contribution in [3.8, 4) is 0 Å². The number of rotatable bonds is 7. The molecule has 12 heteroatoms. The first-order valence-electron chi connectivity index (χ1n) is 16.3. The number of nitrogens with one attached hydrogen (secondary N) is 2. The normalized spacial score (nSPS) is 17.6. The van der Waals surface area contributed by atoms with E-state index < -0.39 is 6.04 Å². The number of hydrogen-bond donors (Lipinski definition) is 3. The quantitative estimate of drug-likeness (QED) is 0.262. The van der Waals surface area contributed by atoms with Crippen LogP contribution in [0.1, 0.15) is 36.5 Å². The van der Waals surface area contributed by atoms with Crippen molar-refractivity contribution in [3.05, 3.63) is 86.3 Å². The molecule has 5 amide bonds. The fourth-order valence-corrected chi connectivity index (χ4v) is 7.96. The van der Waals surface area contributed by atoms with E-state index in [1.165, 1.54) is 5.56 Å². The number of halogens is 2. The molecular formula is C35H41Br2N7O3. The summed E-state index contributed by atoms with van der Waals surface area (Å²) in [6.07, 6.45) is 2.66. The molecule has 2 fully saturated rings. The van der Waals surface area contributed by atoms with Crippen LogP contribution in [0.5, 0.6) is 0 Å². The van der Waals surface area contributed by atoms with Crippen molar-refractivity contribution < 1.29 is 14.4 Å². The van der Waals surface area contributed by atoms with Gasteiger partial charge in [0.25, 0.3) is 0 Å². The summed E-state index contributed by atoms with van der Waals surface area (Å²) >= 11 is 7.04. The van der Waals surface area contributed by atoms with Crippen LogP contribution in [-0.4, -0.2) is 84.0 Å². The van der Waals surface area contributed by atoms with E-state index in [1.54, 1.807) is 4.90 Å². The SMILES string of the molecule is CCc1ccc(N2CCN(C(=O)[C@@H](Cc3cc(Br)c(N)c(Br)c3)NC(=O)N3CCC(N4Cc5ccccc5NC4=O)CC3)CC2)cc1. The molecular weight excluding hydrogens is 726 g/mol. The maximum atomic E-state index is 14.1. The van der Waals surface area contributed by atoms with E-state index in [9.17, 15) is 14.4 Å². The number of nitrogens with two attached hydrogens (primary N) is 1. The molecule has 47 heavy (non-hydrogen) atoms. The largest absolute Gasteiger partial charge is 0.397 e. The Morgan fingerprint density at radius 1 is 0.915 bits per heavy atom. The van der Waals surface area contributed by atoms with Gasteiger partial charge in [0.2, 0.25) is 5.91 Å². The van der Waals surface area contributed by atoms with Crippen molar-refractivity contribution in [2.75, 3.05) is 55.2 Å². The third kappa shape index (κ3) is 7.54. The van der Waals surface area contributed by atoms with Gasteiger partial charge >= 0.3 is 12.1 Å². The molecule has 3 aliphatic rings. The lowest BCUT2D eigenvalue weighted by Gasteiger charge is -2.41. The number of carbonyl (C=O) groups is 3. The summed E-state index contributed by atoms with van der Waals surface area (Å²) in [6.45, 7) is 6.28. The number of hydrogen-bond acceptors (Lipinski definition) is 5. The van der Waals surface area contributed by atoms with E-state index >= 15 is 0 Å². The number of nitrogens with zero attached hydrogens (tertiary/aromatic N) is 4. The number of para-hydroxylation sites is 1. The molecule has 3 aromatic carbocycles. The lowest BCUT2D eigenvalue weighted by atomic mass is 10.0. The zero-order valence-electron chi connectivity index (χ0n) is 26.6. The average Bonchev–Trinajstić information content (AvgIpc) is 3.10. The number of benzene rings is 3. The lowest BCUT2D eigenvalue weighted by molar-refractivity contribution is -0.133. The van der Waals surface area contributed by atoms with Crippen molar-refractivity contribution >= 4 is 66.9 Å². The number of carbonyl (C=O) groups excluding carboxylic acids is 3. The van der Waals surface area contributed by atoms with E-state index in [1.807, 2.05) is 46.2 Å². The van der Waals surface area contributed by atoms with Gasteiger partial charge in [0.05, 0.1) is 5.69 Å². The standard InChI is InChI=1S/C35H41Br2N7O3/c1-2-23-7-9-26(10-8-23)41-15-17-42(18-16-41)33(45)31(21-24-19-28(36)32(38)29(37)20-24)40-34(46)43-13-11-27(12-14-43)44-22-25-5-3-4-6-30(25)39-35(44)47/h3-10,19-20,27,31H,2,11-18,21-22,38H2,1H3,(H,39,47)(H,40,46)/t31-/m1/s1. The number of fused-ring (bicyclic) bond motifs is 1. The van der Waals surface area contributed by atoms with Gasteiger partial charge in [0.15, 0.2) is 0 Å². The second-order valence-electron chi connectivity index (χ2n) is 12.4. The highest BCUT2D eigenvalue weighted by molar-refractivity contribution is 9.11. The first kappa shape index (κ1) is 33.1. The summed E-state index contributed by atoms with van der Waals surface area (Å²) in [5.74, 6) is -0.0954. The van der Waals surface area contributed by atoms with Crippen molar-refractivity contribution in [2.45, 2.75) is 51.2 Å². The zero-order chi connectivity index (χ0) is 33.1. The number of amides is 5. The molecule has 0 spiro atoms. The van der Waals surface area contributed by atoms with Crippen LogP contribution in [0.25, 0.3) is 0 Å². The monoisotopic (exact) mass is 765 g/mol. The van der Waals surface area contributed by atoms with E-state index in [2.05, 4.69) is 78.6 Å². The molecule has 3 aliphatic heterocycles. The van der Waals surface area contributed by atoms with Gasteiger partial charge in [-0.25, -0.2) is 9.59 Å². The van der Waals surface area contributed by atoms with E-state index in [4.69, 9.17) is 5.73 Å². The Morgan fingerprint density at radius 3 is 2.23 bits per heavy atom. The summed E-state index contributed by atoms with van der Waals surface area (Å²) in [6, 6.07) is 19.2. The smallest absolute Gasteiger partial charge is 0.322 e. The molecule has 10 nitrogen and oxygen atoms in total. The van der Waals surface area contributed by atoms with Gasteiger partial charge in [-0.15, -0.1) is 0 Å². The van der Waals surface area contributed by atoms with Crippen LogP contribution in [0.2, 0.25) is 0 Å². The van der Waals surface area contributed by atoms with Crippen LogP contribution < -0.4 is 21.3 Å². The Labute approximate surface area is 292 Å². The molecule has 0 unspecified atom stereocenters. The highest BCUT2D eigenvalue weighted by Crippen LogP contribution is 2.31. The van der Waals surface area contributed by atoms with E-state index in [0.717, 1.165) is 51.0 Å². The first-order valence-corrected chi connectivity index (χ1v) is 17.9. The van der Waals surface area contributed by atoms with Crippen LogP contribution in [0, 0.1) is 0 Å². The van der Waals surface area contributed by atoms with Crippen molar-refractivity contribution in [1.82, 2.24) is 20.0 Å². The van der Waals surface area contributed by atoms with Gasteiger partial charge in [-0.3, -0.25) is 4.79 Å². The molecule has 0 radical (unpaired) electrons. The third-order valence-electron chi connectivity index (χ3n) is 9.53. The second kappa shape index (κ2) is 14.6.